The van der Waals surface area contributed by atoms with Gasteiger partial charge < -0.3 is 10.5 Å². The van der Waals surface area contributed by atoms with Gasteiger partial charge in [0.15, 0.2) is 0 Å². The Morgan fingerprint density at radius 2 is 1.95 bits per heavy atom. The fourth-order valence-electron chi connectivity index (χ4n) is 2.13. The predicted molar refractivity (Wildman–Crippen MR) is 72.9 cm³/mol. The summed E-state index contributed by atoms with van der Waals surface area (Å²) in [5.41, 5.74) is 3.11. The average molecular weight is 285 g/mol. The summed E-state index contributed by atoms with van der Waals surface area (Å²) in [5, 5.41) is 9.06. The van der Waals surface area contributed by atoms with Crippen molar-refractivity contribution in [3.8, 4) is 0 Å². The van der Waals surface area contributed by atoms with E-state index in [-0.39, 0.29) is 24.1 Å². The topological polar surface area (TPSA) is 95.7 Å². The zero-order chi connectivity index (χ0) is 13.9. The molecule has 2 rings (SSSR count). The molecule has 1 aliphatic carbocycles. The van der Waals surface area contributed by atoms with Crippen LogP contribution in [0.25, 0.3) is 0 Å². The van der Waals surface area contributed by atoms with Gasteiger partial charge in [-0.05, 0) is 37.1 Å². The summed E-state index contributed by atoms with van der Waals surface area (Å²) >= 11 is 0. The van der Waals surface area contributed by atoms with E-state index in [9.17, 15) is 8.42 Å². The molecule has 1 aromatic carbocycles. The number of benzene rings is 1. The van der Waals surface area contributed by atoms with Crippen LogP contribution in [0.5, 0.6) is 0 Å². The molecule has 0 aliphatic heterocycles. The largest absolute Gasteiger partial charge is 0.395 e. The molecule has 4 N–H and O–H groups in total. The number of nitrogen functional groups attached to an aromatic ring is 1. The summed E-state index contributed by atoms with van der Waals surface area (Å²) in [4.78, 5) is 0.229. The lowest BCUT2D eigenvalue weighted by atomic mass is 9.93. The zero-order valence-corrected chi connectivity index (χ0v) is 11.4. The maximum atomic E-state index is 12.5. The van der Waals surface area contributed by atoms with Gasteiger partial charge in [0.1, 0.15) is 0 Å². The average Bonchev–Trinajstić information content (AvgIpc) is 2.36. The Kier molecular flexibility index (Phi) is 4.41. The summed E-state index contributed by atoms with van der Waals surface area (Å²) in [6, 6.07) is 6.29. The van der Waals surface area contributed by atoms with Gasteiger partial charge in [-0.15, -0.1) is 0 Å². The first-order valence-corrected chi connectivity index (χ1v) is 7.73. The number of anilines is 1. The van der Waals surface area contributed by atoms with Gasteiger partial charge >= 0.3 is 0 Å². The Hall–Kier alpha value is -1.15. The third kappa shape index (κ3) is 2.89. The van der Waals surface area contributed by atoms with Gasteiger partial charge in [-0.2, -0.15) is 4.31 Å². The minimum absolute atomic E-state index is 0.0180. The highest BCUT2D eigenvalue weighted by Gasteiger charge is 2.34. The molecule has 1 fully saturated rings. The number of aliphatic hydroxyl groups is 1. The number of nitrogens with one attached hydrogen (secondary N) is 1. The van der Waals surface area contributed by atoms with Crippen LogP contribution in [0.3, 0.4) is 0 Å². The van der Waals surface area contributed by atoms with E-state index in [1.807, 2.05) is 0 Å². The molecule has 0 saturated heterocycles. The van der Waals surface area contributed by atoms with Crippen molar-refractivity contribution in [2.24, 2.45) is 5.84 Å². The van der Waals surface area contributed by atoms with Gasteiger partial charge in [0.2, 0.25) is 10.0 Å². The van der Waals surface area contributed by atoms with E-state index in [0.717, 1.165) is 19.3 Å². The predicted octanol–water partition coefficient (Wildman–Crippen LogP) is 0.508. The van der Waals surface area contributed by atoms with Crippen molar-refractivity contribution in [3.63, 3.8) is 0 Å². The summed E-state index contributed by atoms with van der Waals surface area (Å²) < 4.78 is 26.4. The minimum atomic E-state index is -3.54. The van der Waals surface area contributed by atoms with Gasteiger partial charge in [-0.25, -0.2) is 8.42 Å². The molecule has 0 unspecified atom stereocenters. The summed E-state index contributed by atoms with van der Waals surface area (Å²) in [6.07, 6.45) is 2.77. The number of hydrazine groups is 1. The van der Waals surface area contributed by atoms with Gasteiger partial charge in [0.05, 0.1) is 11.5 Å². The summed E-state index contributed by atoms with van der Waals surface area (Å²) in [6.45, 7) is -0.0257. The molecule has 0 heterocycles. The first-order chi connectivity index (χ1) is 9.09. The molecule has 6 nitrogen and oxygen atoms in total. The quantitative estimate of drug-likeness (QED) is 0.523. The van der Waals surface area contributed by atoms with Crippen LogP contribution in [0.4, 0.5) is 5.69 Å². The Labute approximate surface area is 113 Å². The van der Waals surface area contributed by atoms with Crippen molar-refractivity contribution < 1.29 is 13.5 Å². The van der Waals surface area contributed by atoms with Crippen molar-refractivity contribution in [1.82, 2.24) is 4.31 Å². The maximum absolute atomic E-state index is 12.5. The van der Waals surface area contributed by atoms with E-state index < -0.39 is 10.0 Å². The van der Waals surface area contributed by atoms with Crippen molar-refractivity contribution >= 4 is 15.7 Å². The number of nitrogens with two attached hydrogens (primary N) is 1. The van der Waals surface area contributed by atoms with E-state index in [0.29, 0.717) is 5.69 Å². The van der Waals surface area contributed by atoms with Crippen LogP contribution >= 0.6 is 0 Å². The highest BCUT2D eigenvalue weighted by atomic mass is 32.2. The standard InChI is InChI=1S/C12H19N3O3S/c13-14-10-4-6-12(7-5-10)19(17,18)15(8-9-16)11-2-1-3-11/h4-7,11,14,16H,1-3,8-9,13H2. The molecule has 0 spiro atoms. The van der Waals surface area contributed by atoms with Crippen LogP contribution in [0.1, 0.15) is 19.3 Å². The Morgan fingerprint density at radius 1 is 1.32 bits per heavy atom. The first kappa shape index (κ1) is 14.3. The molecule has 19 heavy (non-hydrogen) atoms. The fraction of sp³-hybridized carbons (Fsp3) is 0.500. The van der Waals surface area contributed by atoms with Gasteiger partial charge in [0, 0.05) is 18.3 Å². The van der Waals surface area contributed by atoms with E-state index in [1.54, 1.807) is 12.1 Å². The number of hydrogen-bond acceptors (Lipinski definition) is 5. The fourth-order valence-corrected chi connectivity index (χ4v) is 3.81. The number of sulfonamides is 1. The Balaban J connectivity index is 2.26. The van der Waals surface area contributed by atoms with Crippen LogP contribution in [-0.2, 0) is 10.0 Å². The third-order valence-electron chi connectivity index (χ3n) is 3.43. The van der Waals surface area contributed by atoms with Crippen LogP contribution in [0, 0.1) is 0 Å². The highest BCUT2D eigenvalue weighted by molar-refractivity contribution is 7.89. The van der Waals surface area contributed by atoms with E-state index in [1.165, 1.54) is 16.4 Å². The van der Waals surface area contributed by atoms with Crippen LogP contribution < -0.4 is 11.3 Å². The molecule has 1 saturated carbocycles. The Morgan fingerprint density at radius 3 is 2.37 bits per heavy atom. The first-order valence-electron chi connectivity index (χ1n) is 6.29. The molecule has 7 heteroatoms. The molecule has 0 atom stereocenters. The van der Waals surface area contributed by atoms with Gasteiger partial charge in [-0.1, -0.05) is 6.42 Å². The van der Waals surface area contributed by atoms with E-state index in [2.05, 4.69) is 5.43 Å². The molecule has 1 aliphatic rings. The maximum Gasteiger partial charge on any atom is 0.243 e. The molecular weight excluding hydrogens is 266 g/mol. The van der Waals surface area contributed by atoms with Crippen molar-refractivity contribution in [1.29, 1.82) is 0 Å². The molecule has 0 aromatic heterocycles. The molecular formula is C12H19N3O3S. The van der Waals surface area contributed by atoms with Gasteiger partial charge in [-0.3, -0.25) is 5.84 Å². The van der Waals surface area contributed by atoms with Crippen LogP contribution in [-0.4, -0.2) is 37.0 Å². The smallest absolute Gasteiger partial charge is 0.243 e. The van der Waals surface area contributed by atoms with Crippen molar-refractivity contribution in [3.05, 3.63) is 24.3 Å². The molecule has 1 aromatic rings. The number of aliphatic hydroxyl groups excluding tert-OH is 1. The second kappa shape index (κ2) is 5.87. The van der Waals surface area contributed by atoms with Crippen LogP contribution in [0.2, 0.25) is 0 Å². The SMILES string of the molecule is NNc1ccc(S(=O)(=O)N(CCO)C2CCC2)cc1. The minimum Gasteiger partial charge on any atom is -0.395 e. The lowest BCUT2D eigenvalue weighted by Crippen LogP contribution is -2.45. The lowest BCUT2D eigenvalue weighted by Gasteiger charge is -2.36. The number of hydrogen-bond donors (Lipinski definition) is 3. The second-order valence-electron chi connectivity index (χ2n) is 4.59. The van der Waals surface area contributed by atoms with Gasteiger partial charge in [0.25, 0.3) is 0 Å². The van der Waals surface area contributed by atoms with Crippen LogP contribution in [0.15, 0.2) is 29.2 Å². The normalized spacial score (nSPS) is 16.4. The monoisotopic (exact) mass is 285 g/mol. The molecule has 106 valence electrons. The number of rotatable bonds is 6. The Bertz CT molecular complexity index is 512. The van der Waals surface area contributed by atoms with E-state index >= 15 is 0 Å². The summed E-state index contributed by atoms with van der Waals surface area (Å²) in [7, 11) is -3.54. The molecule has 0 radical (unpaired) electrons. The van der Waals surface area contributed by atoms with E-state index in [4.69, 9.17) is 10.9 Å². The van der Waals surface area contributed by atoms with Crippen molar-refractivity contribution in [2.75, 3.05) is 18.6 Å². The van der Waals surface area contributed by atoms with Crippen molar-refractivity contribution in [2.45, 2.75) is 30.2 Å². The zero-order valence-electron chi connectivity index (χ0n) is 10.6. The lowest BCUT2D eigenvalue weighted by molar-refractivity contribution is 0.178. The second-order valence-corrected chi connectivity index (χ2v) is 6.48. The third-order valence-corrected chi connectivity index (χ3v) is 5.40. The summed E-state index contributed by atoms with van der Waals surface area (Å²) in [5.74, 6) is 5.25. The molecule has 0 bridgehead atoms. The number of nitrogens with zero attached hydrogens (tertiary/aromatic N) is 1. The molecule has 0 amide bonds. The highest BCUT2D eigenvalue weighted by Crippen LogP contribution is 2.29.